The largest absolute Gasteiger partial charge is 0.481 e. The minimum atomic E-state index is -0.934. The summed E-state index contributed by atoms with van der Waals surface area (Å²) in [4.78, 5) is 22.9. The number of rotatable bonds is 7. The Bertz CT molecular complexity index is 498. The number of nitrogens with one attached hydrogen (secondary N) is 2. The highest BCUT2D eigenvalue weighted by molar-refractivity contribution is 5.76. The first-order valence-electron chi connectivity index (χ1n) is 7.36. The summed E-state index contributed by atoms with van der Waals surface area (Å²) in [5.41, 5.74) is 1.07. The topological polar surface area (TPSA) is 78.4 Å². The van der Waals surface area contributed by atoms with E-state index in [0.29, 0.717) is 6.54 Å². The molecular weight excluding hydrogens is 268 g/mol. The molecule has 0 aromatic heterocycles. The Morgan fingerprint density at radius 3 is 2.48 bits per heavy atom. The predicted octanol–water partition coefficient (Wildman–Crippen LogP) is 2.69. The van der Waals surface area contributed by atoms with E-state index in [2.05, 4.69) is 17.6 Å². The lowest BCUT2D eigenvalue weighted by Crippen LogP contribution is -2.41. The van der Waals surface area contributed by atoms with Gasteiger partial charge >= 0.3 is 12.0 Å². The Kier molecular flexibility index (Phi) is 4.83. The summed E-state index contributed by atoms with van der Waals surface area (Å²) in [5.74, 6) is -0.934. The number of urea groups is 1. The zero-order chi connectivity index (χ0) is 15.3. The van der Waals surface area contributed by atoms with Crippen molar-refractivity contribution in [2.45, 2.75) is 38.6 Å². The molecule has 2 rings (SSSR count). The Balaban J connectivity index is 1.92. The van der Waals surface area contributed by atoms with Crippen LogP contribution in [0.25, 0.3) is 0 Å². The third kappa shape index (κ3) is 4.48. The standard InChI is InChI=1S/C16H22N2O3/c1-2-16(8-9-16)11-17-15(21)18-13(10-14(19)20)12-6-4-3-5-7-12/h3-7,13H,2,8-11H2,1H3,(H,19,20)(H2,17,18,21). The maximum Gasteiger partial charge on any atom is 0.315 e. The molecule has 0 aliphatic heterocycles. The molecule has 2 amide bonds. The van der Waals surface area contributed by atoms with Gasteiger partial charge < -0.3 is 15.7 Å². The van der Waals surface area contributed by atoms with Crippen LogP contribution in [0.5, 0.6) is 0 Å². The van der Waals surface area contributed by atoms with Crippen molar-refractivity contribution in [3.63, 3.8) is 0 Å². The Morgan fingerprint density at radius 1 is 1.29 bits per heavy atom. The number of hydrogen-bond acceptors (Lipinski definition) is 2. The minimum absolute atomic E-state index is 0.129. The first kappa shape index (κ1) is 15.4. The van der Waals surface area contributed by atoms with Gasteiger partial charge in [-0.2, -0.15) is 0 Å². The summed E-state index contributed by atoms with van der Waals surface area (Å²) in [5, 5.41) is 14.6. The molecule has 1 fully saturated rings. The van der Waals surface area contributed by atoms with Crippen LogP contribution in [-0.4, -0.2) is 23.7 Å². The maximum atomic E-state index is 12.0. The van der Waals surface area contributed by atoms with Gasteiger partial charge in [-0.05, 0) is 30.2 Å². The average molecular weight is 290 g/mol. The zero-order valence-electron chi connectivity index (χ0n) is 12.3. The first-order valence-corrected chi connectivity index (χ1v) is 7.36. The first-order chi connectivity index (χ1) is 10.0. The molecule has 0 saturated heterocycles. The fraction of sp³-hybridized carbons (Fsp3) is 0.500. The third-order valence-electron chi connectivity index (χ3n) is 4.22. The van der Waals surface area contributed by atoms with Crippen molar-refractivity contribution >= 4 is 12.0 Å². The lowest BCUT2D eigenvalue weighted by Gasteiger charge is -2.19. The summed E-state index contributed by atoms with van der Waals surface area (Å²) in [6.45, 7) is 2.79. The normalized spacial score (nSPS) is 16.8. The monoisotopic (exact) mass is 290 g/mol. The van der Waals surface area contributed by atoms with Crippen LogP contribution in [0.4, 0.5) is 4.79 Å². The second-order valence-corrected chi connectivity index (χ2v) is 5.74. The highest BCUT2D eigenvalue weighted by Gasteiger charge is 2.40. The van der Waals surface area contributed by atoms with Gasteiger partial charge in [-0.3, -0.25) is 4.79 Å². The van der Waals surface area contributed by atoms with Gasteiger partial charge in [0.1, 0.15) is 0 Å². The summed E-state index contributed by atoms with van der Waals surface area (Å²) in [7, 11) is 0. The van der Waals surface area contributed by atoms with Gasteiger partial charge in [0.15, 0.2) is 0 Å². The quantitative estimate of drug-likeness (QED) is 0.722. The predicted molar refractivity (Wildman–Crippen MR) is 79.9 cm³/mol. The SMILES string of the molecule is CCC1(CNC(=O)NC(CC(=O)O)c2ccccc2)CC1. The molecule has 0 spiro atoms. The van der Waals surface area contributed by atoms with E-state index in [0.717, 1.165) is 24.8 Å². The smallest absolute Gasteiger partial charge is 0.315 e. The number of carbonyl (C=O) groups is 2. The van der Waals surface area contributed by atoms with Crippen molar-refractivity contribution in [3.05, 3.63) is 35.9 Å². The molecular formula is C16H22N2O3. The molecule has 0 radical (unpaired) electrons. The van der Waals surface area contributed by atoms with Crippen LogP contribution in [0.15, 0.2) is 30.3 Å². The van der Waals surface area contributed by atoms with Crippen LogP contribution in [0.3, 0.4) is 0 Å². The van der Waals surface area contributed by atoms with Crippen molar-refractivity contribution in [1.29, 1.82) is 0 Å². The van der Waals surface area contributed by atoms with Crippen LogP contribution in [0, 0.1) is 5.41 Å². The maximum absolute atomic E-state index is 12.0. The van der Waals surface area contributed by atoms with Crippen molar-refractivity contribution < 1.29 is 14.7 Å². The van der Waals surface area contributed by atoms with Crippen LogP contribution >= 0.6 is 0 Å². The lowest BCUT2D eigenvalue weighted by atomic mass is 10.0. The van der Waals surface area contributed by atoms with Crippen molar-refractivity contribution in [1.82, 2.24) is 10.6 Å². The van der Waals surface area contributed by atoms with Gasteiger partial charge in [-0.1, -0.05) is 37.3 Å². The van der Waals surface area contributed by atoms with E-state index in [9.17, 15) is 9.59 Å². The molecule has 21 heavy (non-hydrogen) atoms. The fourth-order valence-corrected chi connectivity index (χ4v) is 2.42. The number of carboxylic acids is 1. The molecule has 1 unspecified atom stereocenters. The third-order valence-corrected chi connectivity index (χ3v) is 4.22. The summed E-state index contributed by atoms with van der Waals surface area (Å²) < 4.78 is 0. The number of carboxylic acid groups (broad SMARTS) is 1. The summed E-state index contributed by atoms with van der Waals surface area (Å²) >= 11 is 0. The van der Waals surface area contributed by atoms with Crippen molar-refractivity contribution in [3.8, 4) is 0 Å². The molecule has 1 aromatic rings. The highest BCUT2D eigenvalue weighted by Crippen LogP contribution is 2.47. The highest BCUT2D eigenvalue weighted by atomic mass is 16.4. The van der Waals surface area contributed by atoms with E-state index >= 15 is 0 Å². The molecule has 1 atom stereocenters. The van der Waals surface area contributed by atoms with Crippen molar-refractivity contribution in [2.24, 2.45) is 5.41 Å². The van der Waals surface area contributed by atoms with E-state index in [4.69, 9.17) is 5.11 Å². The second-order valence-electron chi connectivity index (χ2n) is 5.74. The number of aliphatic carboxylic acids is 1. The Labute approximate surface area is 124 Å². The zero-order valence-corrected chi connectivity index (χ0v) is 12.3. The molecule has 3 N–H and O–H groups in total. The van der Waals surface area contributed by atoms with E-state index in [1.807, 2.05) is 30.3 Å². The van der Waals surface area contributed by atoms with Crippen molar-refractivity contribution in [2.75, 3.05) is 6.54 Å². The van der Waals surface area contributed by atoms with Gasteiger partial charge in [-0.15, -0.1) is 0 Å². The molecule has 5 heteroatoms. The minimum Gasteiger partial charge on any atom is -0.481 e. The molecule has 1 saturated carbocycles. The number of benzene rings is 1. The van der Waals surface area contributed by atoms with Gasteiger partial charge in [0.2, 0.25) is 0 Å². The van der Waals surface area contributed by atoms with Gasteiger partial charge in [0.25, 0.3) is 0 Å². The molecule has 0 heterocycles. The van der Waals surface area contributed by atoms with Crippen LogP contribution in [-0.2, 0) is 4.79 Å². The number of hydrogen-bond donors (Lipinski definition) is 3. The fourth-order valence-electron chi connectivity index (χ4n) is 2.42. The van der Waals surface area contributed by atoms with Crippen LogP contribution in [0.2, 0.25) is 0 Å². The number of carbonyl (C=O) groups excluding carboxylic acids is 1. The van der Waals surface area contributed by atoms with E-state index in [-0.39, 0.29) is 17.9 Å². The average Bonchev–Trinajstić information content (AvgIpc) is 3.26. The molecule has 5 nitrogen and oxygen atoms in total. The Hall–Kier alpha value is -2.04. The molecule has 1 aliphatic carbocycles. The van der Waals surface area contributed by atoms with Gasteiger partial charge in [-0.25, -0.2) is 4.79 Å². The van der Waals surface area contributed by atoms with Gasteiger partial charge in [0, 0.05) is 6.54 Å². The van der Waals surface area contributed by atoms with Crippen LogP contribution < -0.4 is 10.6 Å². The molecule has 1 aliphatic rings. The summed E-state index contributed by atoms with van der Waals surface area (Å²) in [6, 6.07) is 8.36. The lowest BCUT2D eigenvalue weighted by molar-refractivity contribution is -0.137. The summed E-state index contributed by atoms with van der Waals surface area (Å²) in [6.07, 6.45) is 3.24. The molecule has 0 bridgehead atoms. The van der Waals surface area contributed by atoms with Gasteiger partial charge in [0.05, 0.1) is 12.5 Å². The molecule has 114 valence electrons. The van der Waals surface area contributed by atoms with Crippen LogP contribution in [0.1, 0.15) is 44.2 Å². The second kappa shape index (κ2) is 6.61. The number of amides is 2. The molecule has 1 aromatic carbocycles. The van der Waals surface area contributed by atoms with E-state index in [1.165, 1.54) is 0 Å². The van der Waals surface area contributed by atoms with E-state index < -0.39 is 12.0 Å². The Morgan fingerprint density at radius 2 is 1.95 bits per heavy atom. The van der Waals surface area contributed by atoms with E-state index in [1.54, 1.807) is 0 Å².